The normalized spacial score (nSPS) is 12.6. The monoisotopic (exact) mass is 371 g/mol. The summed E-state index contributed by atoms with van der Waals surface area (Å²) in [7, 11) is -3.43. The molecule has 0 aliphatic heterocycles. The van der Waals surface area contributed by atoms with Crippen molar-refractivity contribution in [3.05, 3.63) is 29.8 Å². The molecule has 0 aliphatic carbocycles. The zero-order valence-corrected chi connectivity index (χ0v) is 15.6. The first-order valence-corrected chi connectivity index (χ1v) is 9.96. The molecule has 0 saturated heterocycles. The summed E-state index contributed by atoms with van der Waals surface area (Å²) in [5.74, 6) is -2.11. The summed E-state index contributed by atoms with van der Waals surface area (Å²) in [6.07, 6.45) is 1.64. The Morgan fingerprint density at radius 2 is 2.00 bits per heavy atom. The Hall–Kier alpha value is -1.93. The lowest BCUT2D eigenvalue weighted by atomic mass is 10.1. The van der Waals surface area contributed by atoms with E-state index in [1.807, 2.05) is 6.92 Å². The van der Waals surface area contributed by atoms with E-state index < -0.39 is 27.6 Å². The minimum atomic E-state index is -3.43. The van der Waals surface area contributed by atoms with Gasteiger partial charge in [-0.05, 0) is 31.5 Å². The van der Waals surface area contributed by atoms with Gasteiger partial charge in [0.05, 0.1) is 10.8 Å². The van der Waals surface area contributed by atoms with Crippen LogP contribution in [0.4, 0.5) is 0 Å². The molecule has 140 valence electrons. The first-order chi connectivity index (χ1) is 11.7. The van der Waals surface area contributed by atoms with E-state index in [1.54, 1.807) is 0 Å². The molecule has 8 heteroatoms. The van der Waals surface area contributed by atoms with Gasteiger partial charge in [-0.1, -0.05) is 13.0 Å². The second-order valence-corrected chi connectivity index (χ2v) is 7.86. The molecule has 0 bridgehead atoms. The van der Waals surface area contributed by atoms with E-state index in [0.29, 0.717) is 26.2 Å². The van der Waals surface area contributed by atoms with E-state index in [2.05, 4.69) is 0 Å². The molecule has 0 fully saturated rings. The van der Waals surface area contributed by atoms with Gasteiger partial charge >= 0.3 is 5.97 Å². The molecule has 1 aromatic carbocycles. The lowest BCUT2D eigenvalue weighted by Crippen LogP contribution is -2.38. The molecule has 0 radical (unpaired) electrons. The maximum atomic E-state index is 12.7. The number of aliphatic carboxylic acids is 1. The van der Waals surface area contributed by atoms with Gasteiger partial charge in [0.2, 0.25) is 0 Å². The van der Waals surface area contributed by atoms with Crippen LogP contribution in [0.5, 0.6) is 0 Å². The minimum absolute atomic E-state index is 0.0450. The summed E-state index contributed by atoms with van der Waals surface area (Å²) in [4.78, 5) is 25.3. The molecular weight excluding hydrogens is 346 g/mol. The van der Waals surface area contributed by atoms with Crippen LogP contribution in [-0.4, -0.2) is 62.9 Å². The fourth-order valence-electron chi connectivity index (χ4n) is 2.23. The quantitative estimate of drug-likeness (QED) is 0.628. The smallest absolute Gasteiger partial charge is 0.308 e. The number of amides is 1. The summed E-state index contributed by atoms with van der Waals surface area (Å²) in [5.41, 5.74) is 0.219. The van der Waals surface area contributed by atoms with E-state index in [1.165, 1.54) is 36.1 Å². The van der Waals surface area contributed by atoms with E-state index in [0.717, 1.165) is 6.26 Å². The average molecular weight is 371 g/mol. The van der Waals surface area contributed by atoms with Gasteiger partial charge < -0.3 is 14.7 Å². The fourth-order valence-corrected chi connectivity index (χ4v) is 2.90. The van der Waals surface area contributed by atoms with Gasteiger partial charge in [0.15, 0.2) is 9.84 Å². The molecule has 0 heterocycles. The van der Waals surface area contributed by atoms with Crippen molar-refractivity contribution in [2.24, 2.45) is 5.92 Å². The summed E-state index contributed by atoms with van der Waals surface area (Å²) in [6, 6.07) is 5.77. The van der Waals surface area contributed by atoms with Gasteiger partial charge in [0, 0.05) is 38.1 Å². The van der Waals surface area contributed by atoms with Crippen molar-refractivity contribution >= 4 is 21.7 Å². The van der Waals surface area contributed by atoms with Crippen LogP contribution in [-0.2, 0) is 19.4 Å². The highest BCUT2D eigenvalue weighted by molar-refractivity contribution is 7.90. The number of nitrogens with zero attached hydrogens (tertiary/aromatic N) is 1. The molecule has 1 unspecified atom stereocenters. The predicted molar refractivity (Wildman–Crippen MR) is 93.4 cm³/mol. The first kappa shape index (κ1) is 21.1. The van der Waals surface area contributed by atoms with Crippen molar-refractivity contribution in [2.75, 3.05) is 32.6 Å². The SMILES string of the molecule is CCOCCCN(CC(C)C(=O)O)C(=O)c1cccc(S(C)(=O)=O)c1. The average Bonchev–Trinajstić information content (AvgIpc) is 2.56. The van der Waals surface area contributed by atoms with Crippen LogP contribution in [0.1, 0.15) is 30.6 Å². The van der Waals surface area contributed by atoms with Crippen molar-refractivity contribution in [1.82, 2.24) is 4.90 Å². The van der Waals surface area contributed by atoms with Crippen LogP contribution < -0.4 is 0 Å². The maximum Gasteiger partial charge on any atom is 0.308 e. The highest BCUT2D eigenvalue weighted by Gasteiger charge is 2.22. The van der Waals surface area contributed by atoms with Gasteiger partial charge in [-0.3, -0.25) is 9.59 Å². The maximum absolute atomic E-state index is 12.7. The number of carbonyl (C=O) groups is 2. The number of carbonyl (C=O) groups excluding carboxylic acids is 1. The van der Waals surface area contributed by atoms with Crippen LogP contribution in [0, 0.1) is 5.92 Å². The number of carboxylic acid groups (broad SMARTS) is 1. The molecule has 0 aromatic heterocycles. The van der Waals surface area contributed by atoms with Crippen molar-refractivity contribution in [3.8, 4) is 0 Å². The highest BCUT2D eigenvalue weighted by Crippen LogP contribution is 2.15. The molecule has 1 rings (SSSR count). The molecule has 1 aromatic rings. The molecule has 25 heavy (non-hydrogen) atoms. The second kappa shape index (κ2) is 9.53. The Bertz CT molecular complexity index is 701. The summed E-state index contributed by atoms with van der Waals surface area (Å²) >= 11 is 0. The van der Waals surface area contributed by atoms with E-state index in [9.17, 15) is 18.0 Å². The third-order valence-corrected chi connectivity index (χ3v) is 4.74. The molecular formula is C17H25NO6S. The molecule has 1 atom stereocenters. The van der Waals surface area contributed by atoms with Crippen molar-refractivity contribution < 1.29 is 27.9 Å². The number of sulfone groups is 1. The van der Waals surface area contributed by atoms with Crippen molar-refractivity contribution in [1.29, 1.82) is 0 Å². The third kappa shape index (κ3) is 6.83. The van der Waals surface area contributed by atoms with Gasteiger partial charge in [0.25, 0.3) is 5.91 Å². The number of rotatable bonds is 10. The number of benzene rings is 1. The molecule has 1 N–H and O–H groups in total. The molecule has 0 spiro atoms. The number of carboxylic acids is 1. The fraction of sp³-hybridized carbons (Fsp3) is 0.529. The Balaban J connectivity index is 2.99. The van der Waals surface area contributed by atoms with Crippen LogP contribution in [0.25, 0.3) is 0 Å². The summed E-state index contributed by atoms with van der Waals surface area (Å²) < 4.78 is 28.6. The number of hydrogen-bond acceptors (Lipinski definition) is 5. The predicted octanol–water partition coefficient (Wildman–Crippen LogP) is 1.68. The van der Waals surface area contributed by atoms with E-state index in [-0.39, 0.29) is 17.0 Å². The molecule has 7 nitrogen and oxygen atoms in total. The van der Waals surface area contributed by atoms with E-state index >= 15 is 0 Å². The topological polar surface area (TPSA) is 101 Å². The summed E-state index contributed by atoms with van der Waals surface area (Å²) in [6.45, 7) is 4.80. The van der Waals surface area contributed by atoms with Crippen LogP contribution in [0.2, 0.25) is 0 Å². The standard InChI is InChI=1S/C17H25NO6S/c1-4-24-10-6-9-18(12-13(2)17(20)21)16(19)14-7-5-8-15(11-14)25(3,22)23/h5,7-8,11,13H,4,6,9-10,12H2,1-3H3,(H,20,21). The van der Waals surface area contributed by atoms with Gasteiger partial charge in [-0.25, -0.2) is 8.42 Å². The Kier molecular flexibility index (Phi) is 8.05. The lowest BCUT2D eigenvalue weighted by Gasteiger charge is -2.25. The van der Waals surface area contributed by atoms with Crippen molar-refractivity contribution in [3.63, 3.8) is 0 Å². The lowest BCUT2D eigenvalue weighted by molar-refractivity contribution is -0.141. The zero-order chi connectivity index (χ0) is 19.0. The number of ether oxygens (including phenoxy) is 1. The Morgan fingerprint density at radius 3 is 2.56 bits per heavy atom. The van der Waals surface area contributed by atoms with Crippen LogP contribution in [0.15, 0.2) is 29.2 Å². The summed E-state index contributed by atoms with van der Waals surface area (Å²) in [5, 5.41) is 9.10. The Labute approximate surface area is 148 Å². The highest BCUT2D eigenvalue weighted by atomic mass is 32.2. The third-order valence-electron chi connectivity index (χ3n) is 3.63. The first-order valence-electron chi connectivity index (χ1n) is 8.06. The Morgan fingerprint density at radius 1 is 1.32 bits per heavy atom. The molecule has 0 aliphatic rings. The van der Waals surface area contributed by atoms with Gasteiger partial charge in [0.1, 0.15) is 0 Å². The van der Waals surface area contributed by atoms with Crippen molar-refractivity contribution in [2.45, 2.75) is 25.2 Å². The van der Waals surface area contributed by atoms with Crippen LogP contribution >= 0.6 is 0 Å². The molecule has 0 saturated carbocycles. The minimum Gasteiger partial charge on any atom is -0.481 e. The van der Waals surface area contributed by atoms with Gasteiger partial charge in [-0.15, -0.1) is 0 Å². The van der Waals surface area contributed by atoms with Crippen LogP contribution in [0.3, 0.4) is 0 Å². The largest absolute Gasteiger partial charge is 0.481 e. The van der Waals surface area contributed by atoms with Gasteiger partial charge in [-0.2, -0.15) is 0 Å². The molecule has 1 amide bonds. The second-order valence-electron chi connectivity index (χ2n) is 5.84. The number of hydrogen-bond donors (Lipinski definition) is 1. The van der Waals surface area contributed by atoms with E-state index in [4.69, 9.17) is 9.84 Å². The zero-order valence-electron chi connectivity index (χ0n) is 14.8.